The van der Waals surface area contributed by atoms with E-state index in [4.69, 9.17) is 0 Å². The number of rotatable bonds is 6. The van der Waals surface area contributed by atoms with E-state index in [1.165, 1.54) is 6.07 Å². The van der Waals surface area contributed by atoms with Crippen LogP contribution in [0.5, 0.6) is 5.75 Å². The largest absolute Gasteiger partial charge is 0.506 e. The first-order chi connectivity index (χ1) is 13.4. The van der Waals surface area contributed by atoms with Crippen LogP contribution in [0.2, 0.25) is 0 Å². The van der Waals surface area contributed by atoms with Crippen molar-refractivity contribution in [2.24, 2.45) is 5.10 Å². The fraction of sp³-hybridized carbons (Fsp3) is 0.0526. The molecular formula is C19H15BrN4O4. The number of phenolic OH excluding ortho intramolecular Hbond substituents is 1. The number of hydrazone groups is 1. The molecule has 3 rings (SSSR count). The summed E-state index contributed by atoms with van der Waals surface area (Å²) in [6.45, 7) is -0.0136. The molecule has 0 unspecified atom stereocenters. The number of nitro benzene ring substituents is 1. The van der Waals surface area contributed by atoms with Gasteiger partial charge in [-0.2, -0.15) is 5.10 Å². The summed E-state index contributed by atoms with van der Waals surface area (Å²) >= 11 is 3.04. The van der Waals surface area contributed by atoms with Crippen molar-refractivity contribution in [3.8, 4) is 5.75 Å². The van der Waals surface area contributed by atoms with Crippen LogP contribution in [0.4, 0.5) is 11.4 Å². The molecule has 3 aromatic rings. The summed E-state index contributed by atoms with van der Waals surface area (Å²) in [7, 11) is 0. The molecule has 0 spiro atoms. The lowest BCUT2D eigenvalue weighted by molar-refractivity contribution is -0.385. The number of aromatic hydroxyl groups is 1. The van der Waals surface area contributed by atoms with Crippen molar-refractivity contribution < 1.29 is 14.8 Å². The summed E-state index contributed by atoms with van der Waals surface area (Å²) in [4.78, 5) is 22.2. The minimum atomic E-state index is -0.590. The number of phenols is 1. The van der Waals surface area contributed by atoms with Crippen molar-refractivity contribution in [2.45, 2.75) is 0 Å². The fourth-order valence-electron chi connectivity index (χ4n) is 2.50. The Hall–Kier alpha value is -3.46. The molecule has 0 radical (unpaired) electrons. The normalized spacial score (nSPS) is 10.9. The van der Waals surface area contributed by atoms with E-state index in [0.29, 0.717) is 0 Å². The Labute approximate surface area is 168 Å². The smallest absolute Gasteiger partial charge is 0.271 e. The van der Waals surface area contributed by atoms with Gasteiger partial charge in [0.1, 0.15) is 5.75 Å². The molecule has 0 bridgehead atoms. The van der Waals surface area contributed by atoms with Crippen molar-refractivity contribution >= 4 is 50.2 Å². The van der Waals surface area contributed by atoms with Gasteiger partial charge in [-0.15, -0.1) is 0 Å². The molecule has 0 saturated carbocycles. The molecule has 0 aliphatic rings. The average Bonchev–Trinajstić information content (AvgIpc) is 2.69. The van der Waals surface area contributed by atoms with Gasteiger partial charge in [-0.05, 0) is 38.8 Å². The van der Waals surface area contributed by atoms with Crippen LogP contribution in [-0.2, 0) is 4.79 Å². The minimum absolute atomic E-state index is 0.0136. The molecule has 142 valence electrons. The highest BCUT2D eigenvalue weighted by Gasteiger charge is 2.13. The maximum Gasteiger partial charge on any atom is 0.271 e. The topological polar surface area (TPSA) is 117 Å². The maximum atomic E-state index is 11.9. The van der Waals surface area contributed by atoms with Crippen LogP contribution < -0.4 is 10.7 Å². The highest BCUT2D eigenvalue weighted by molar-refractivity contribution is 9.10. The molecule has 9 heteroatoms. The molecule has 0 fully saturated rings. The molecule has 1 amide bonds. The number of carbonyl (C=O) groups excluding carboxylic acids is 1. The third-order valence-electron chi connectivity index (χ3n) is 3.88. The second-order valence-corrected chi connectivity index (χ2v) is 6.69. The van der Waals surface area contributed by atoms with Crippen molar-refractivity contribution in [3.63, 3.8) is 0 Å². The number of nitrogens with zero attached hydrogens (tertiary/aromatic N) is 2. The minimum Gasteiger partial charge on any atom is -0.506 e. The van der Waals surface area contributed by atoms with Crippen LogP contribution in [0.25, 0.3) is 10.8 Å². The maximum absolute atomic E-state index is 11.9. The van der Waals surface area contributed by atoms with Crippen molar-refractivity contribution in [1.29, 1.82) is 0 Å². The Morgan fingerprint density at radius 3 is 2.68 bits per heavy atom. The second kappa shape index (κ2) is 8.49. The van der Waals surface area contributed by atoms with Gasteiger partial charge in [-0.3, -0.25) is 14.9 Å². The zero-order valence-corrected chi connectivity index (χ0v) is 16.0. The molecular weight excluding hydrogens is 428 g/mol. The third-order valence-corrected chi connectivity index (χ3v) is 4.49. The molecule has 0 aliphatic carbocycles. The molecule has 8 nitrogen and oxygen atoms in total. The van der Waals surface area contributed by atoms with Gasteiger partial charge in [0.2, 0.25) is 0 Å². The average molecular weight is 443 g/mol. The van der Waals surface area contributed by atoms with Gasteiger partial charge >= 0.3 is 0 Å². The number of fused-ring (bicyclic) bond motifs is 1. The Morgan fingerprint density at radius 2 is 1.93 bits per heavy atom. The van der Waals surface area contributed by atoms with Gasteiger partial charge in [0.25, 0.3) is 11.6 Å². The quantitative estimate of drug-likeness (QED) is 0.305. The first-order valence-corrected chi connectivity index (χ1v) is 8.95. The van der Waals surface area contributed by atoms with Crippen LogP contribution in [0.15, 0.2) is 64.2 Å². The molecule has 3 aromatic carbocycles. The second-order valence-electron chi connectivity index (χ2n) is 5.83. The number of anilines is 1. The molecule has 0 heterocycles. The Bertz CT molecular complexity index is 1080. The number of hydrogen-bond donors (Lipinski definition) is 3. The molecule has 0 aliphatic heterocycles. The van der Waals surface area contributed by atoms with Gasteiger partial charge in [0.15, 0.2) is 0 Å². The fourth-order valence-corrected chi connectivity index (χ4v) is 2.97. The summed E-state index contributed by atoms with van der Waals surface area (Å²) in [6, 6.07) is 16.0. The van der Waals surface area contributed by atoms with Gasteiger partial charge in [0, 0.05) is 23.4 Å². The number of hydrogen-bond acceptors (Lipinski definition) is 6. The van der Waals surface area contributed by atoms with Gasteiger partial charge in [-0.1, -0.05) is 30.3 Å². The van der Waals surface area contributed by atoms with Crippen LogP contribution >= 0.6 is 15.9 Å². The van der Waals surface area contributed by atoms with E-state index < -0.39 is 10.8 Å². The number of benzene rings is 3. The summed E-state index contributed by atoms with van der Waals surface area (Å²) in [5.41, 5.74) is 2.98. The predicted octanol–water partition coefficient (Wildman–Crippen LogP) is 3.78. The van der Waals surface area contributed by atoms with Crippen molar-refractivity contribution in [1.82, 2.24) is 5.43 Å². The predicted molar refractivity (Wildman–Crippen MR) is 111 cm³/mol. The van der Waals surface area contributed by atoms with E-state index in [1.807, 2.05) is 42.5 Å². The molecule has 0 atom stereocenters. The molecule has 0 aromatic heterocycles. The summed E-state index contributed by atoms with van der Waals surface area (Å²) in [5, 5.41) is 29.7. The van der Waals surface area contributed by atoms with E-state index >= 15 is 0 Å². The van der Waals surface area contributed by atoms with E-state index in [9.17, 15) is 20.0 Å². The van der Waals surface area contributed by atoms with Crippen LogP contribution in [0.1, 0.15) is 5.56 Å². The lowest BCUT2D eigenvalue weighted by atomic mass is 10.1. The van der Waals surface area contributed by atoms with E-state index in [2.05, 4.69) is 31.8 Å². The lowest BCUT2D eigenvalue weighted by Gasteiger charge is -2.07. The highest BCUT2D eigenvalue weighted by Crippen LogP contribution is 2.31. The SMILES string of the molecule is O=C(CNc1ccc2ccccc2c1)NN=Cc1cc([N+](=O)[O-])cc(Br)c1O. The molecule has 3 N–H and O–H groups in total. The van der Waals surface area contributed by atoms with Crippen molar-refractivity contribution in [3.05, 3.63) is 74.7 Å². The first-order valence-electron chi connectivity index (χ1n) is 8.15. The number of nitrogens with one attached hydrogen (secondary N) is 2. The van der Waals surface area contributed by atoms with Gasteiger partial charge in [0.05, 0.1) is 22.2 Å². The Kier molecular flexibility index (Phi) is 5.85. The summed E-state index contributed by atoms with van der Waals surface area (Å²) in [6.07, 6.45) is 1.14. The first kappa shape index (κ1) is 19.3. The van der Waals surface area contributed by atoms with Gasteiger partial charge in [-0.25, -0.2) is 5.43 Å². The van der Waals surface area contributed by atoms with Crippen LogP contribution in [0.3, 0.4) is 0 Å². The molecule has 0 saturated heterocycles. The number of amides is 1. The number of nitro groups is 1. The lowest BCUT2D eigenvalue weighted by Crippen LogP contribution is -2.25. The number of carbonyl (C=O) groups is 1. The zero-order chi connectivity index (χ0) is 20.1. The monoisotopic (exact) mass is 442 g/mol. The van der Waals surface area contributed by atoms with Crippen molar-refractivity contribution in [2.75, 3.05) is 11.9 Å². The third kappa shape index (κ3) is 4.63. The standard InChI is InChI=1S/C19H15BrN4O4/c20-17-9-16(24(27)28)8-14(19(17)26)10-22-23-18(25)11-21-15-6-5-12-3-1-2-4-13(12)7-15/h1-10,21,26H,11H2,(H,23,25). The Balaban J connectivity index is 1.60. The van der Waals surface area contributed by atoms with E-state index in [-0.39, 0.29) is 28.0 Å². The van der Waals surface area contributed by atoms with Gasteiger partial charge < -0.3 is 10.4 Å². The van der Waals surface area contributed by atoms with Crippen LogP contribution in [-0.4, -0.2) is 28.7 Å². The zero-order valence-electron chi connectivity index (χ0n) is 14.4. The number of non-ortho nitro benzene ring substituents is 1. The summed E-state index contributed by atoms with van der Waals surface area (Å²) in [5.74, 6) is -0.619. The Morgan fingerprint density at radius 1 is 1.18 bits per heavy atom. The number of halogens is 1. The highest BCUT2D eigenvalue weighted by atomic mass is 79.9. The summed E-state index contributed by atoms with van der Waals surface area (Å²) < 4.78 is 0.160. The van der Waals surface area contributed by atoms with Crippen LogP contribution in [0, 0.1) is 10.1 Å². The van der Waals surface area contributed by atoms with E-state index in [1.54, 1.807) is 0 Å². The van der Waals surface area contributed by atoms with E-state index in [0.717, 1.165) is 28.7 Å². The molecule has 28 heavy (non-hydrogen) atoms.